The number of anilines is 4. The molecule has 1 amide bonds. The van der Waals surface area contributed by atoms with Crippen LogP contribution < -0.4 is 21.7 Å². The predicted octanol–water partition coefficient (Wildman–Crippen LogP) is 7.77. The molecule has 0 unspecified atom stereocenters. The first-order valence-corrected chi connectivity index (χ1v) is 19.4. The highest BCUT2D eigenvalue weighted by Crippen LogP contribution is 2.27. The van der Waals surface area contributed by atoms with E-state index in [1.54, 1.807) is 62.5 Å². The molecule has 18 heteroatoms. The molecular weight excluding hydrogens is 799 g/mol. The lowest BCUT2D eigenvalue weighted by atomic mass is 10.1. The number of rotatable bonds is 9. The Kier molecular flexibility index (Phi) is 17.2. The maximum atomic E-state index is 12.3. The fourth-order valence-corrected chi connectivity index (χ4v) is 5.75. The van der Waals surface area contributed by atoms with Gasteiger partial charge in [0.25, 0.3) is 5.91 Å². The molecule has 318 valence electrons. The highest BCUT2D eigenvalue weighted by atomic mass is 16.4. The van der Waals surface area contributed by atoms with Gasteiger partial charge in [0.2, 0.25) is 0 Å². The van der Waals surface area contributed by atoms with E-state index in [0.29, 0.717) is 57.4 Å². The highest BCUT2D eigenvalue weighted by molar-refractivity contribution is 6.06. The van der Waals surface area contributed by atoms with E-state index in [4.69, 9.17) is 27.9 Å². The van der Waals surface area contributed by atoms with Crippen LogP contribution in [-0.2, 0) is 6.54 Å². The molecule has 0 saturated heterocycles. The second kappa shape index (κ2) is 23.1. The van der Waals surface area contributed by atoms with Crippen LogP contribution in [0.4, 0.5) is 28.4 Å². The van der Waals surface area contributed by atoms with E-state index in [-0.39, 0.29) is 11.5 Å². The average molecular weight is 844 g/mol. The molecule has 7 aromatic rings. The lowest BCUT2D eigenvalue weighted by Gasteiger charge is -2.13. The van der Waals surface area contributed by atoms with Crippen LogP contribution in [0.5, 0.6) is 0 Å². The summed E-state index contributed by atoms with van der Waals surface area (Å²) < 4.78 is 2.09. The van der Waals surface area contributed by atoms with E-state index in [1.165, 1.54) is 31.4 Å². The minimum absolute atomic E-state index is 0.155. The smallest absolute Gasteiger partial charge is 0.339 e. The van der Waals surface area contributed by atoms with Crippen LogP contribution in [0.25, 0.3) is 27.3 Å². The van der Waals surface area contributed by atoms with E-state index >= 15 is 0 Å². The van der Waals surface area contributed by atoms with Gasteiger partial charge >= 0.3 is 5.97 Å². The summed E-state index contributed by atoms with van der Waals surface area (Å²) in [5.41, 5.74) is 15.6. The minimum atomic E-state index is -0.988. The number of amides is 1. The summed E-state index contributed by atoms with van der Waals surface area (Å²) in [7, 11) is 0. The molecule has 4 heterocycles. The first-order valence-electron chi connectivity index (χ1n) is 19.4. The van der Waals surface area contributed by atoms with Crippen molar-refractivity contribution in [2.24, 2.45) is 0 Å². The van der Waals surface area contributed by atoms with E-state index in [1.807, 2.05) is 32.9 Å². The fourth-order valence-electron chi connectivity index (χ4n) is 5.75. The van der Waals surface area contributed by atoms with Gasteiger partial charge in [-0.15, -0.1) is 0 Å². The Labute approximate surface area is 364 Å². The molecular formula is C45H45N15O3. The number of nitrogens with two attached hydrogens (primary N) is 1. The predicted molar refractivity (Wildman–Crippen MR) is 241 cm³/mol. The van der Waals surface area contributed by atoms with Gasteiger partial charge < -0.3 is 31.4 Å². The zero-order valence-corrected chi connectivity index (χ0v) is 35.5. The normalized spacial score (nSPS) is 9.83. The molecule has 0 bridgehead atoms. The third-order valence-corrected chi connectivity index (χ3v) is 8.94. The van der Waals surface area contributed by atoms with Gasteiger partial charge in [0.1, 0.15) is 24.8 Å². The number of carbonyl (C=O) groups is 2. The molecule has 63 heavy (non-hydrogen) atoms. The molecule has 0 radical (unpaired) electrons. The second-order valence-electron chi connectivity index (χ2n) is 13.1. The Morgan fingerprint density at radius 2 is 1.35 bits per heavy atom. The van der Waals surface area contributed by atoms with Crippen LogP contribution in [0.15, 0.2) is 92.2 Å². The molecule has 4 aromatic heterocycles. The zero-order valence-electron chi connectivity index (χ0n) is 35.5. The molecule has 6 N–H and O–H groups in total. The van der Waals surface area contributed by atoms with Crippen LogP contribution in [-0.4, -0.2) is 69.5 Å². The number of nitrogen functional groups attached to an aromatic ring is 1. The third-order valence-electron chi connectivity index (χ3n) is 8.94. The first-order chi connectivity index (χ1) is 30.4. The molecule has 0 aliphatic carbocycles. The van der Waals surface area contributed by atoms with Crippen LogP contribution in [0.1, 0.15) is 69.7 Å². The fraction of sp³-hybridized carbons (Fsp3) is 0.200. The number of carboxylic acid groups (broad SMARTS) is 1. The maximum Gasteiger partial charge on any atom is 0.339 e. The Balaban J connectivity index is 0.000000193. The molecule has 0 fully saturated rings. The average Bonchev–Trinajstić information content (AvgIpc) is 3.66. The number of fused-ring (bicyclic) bond motifs is 1. The van der Waals surface area contributed by atoms with E-state index in [9.17, 15) is 9.59 Å². The molecule has 0 spiro atoms. The first kappa shape index (κ1) is 46.9. The summed E-state index contributed by atoms with van der Waals surface area (Å²) in [5, 5.41) is 35.5. The topological polar surface area (TPSA) is 264 Å². The summed E-state index contributed by atoms with van der Waals surface area (Å²) in [6, 6.07) is 20.0. The molecule has 7 rings (SSSR count). The van der Waals surface area contributed by atoms with Gasteiger partial charge in [0.15, 0.2) is 5.69 Å². The molecule has 0 aliphatic heterocycles. The SMILES string of the molecule is CCNc1cc(C#N)ccc1NC(=O)c1cncnc1C.CCn1c(-c2cncnc2C)nc2ccc(C#N)cc21.Cc1ncncc1C(=O)O.[C-]#[N+]c1ccc(N)c(NCC)c1. The van der Waals surface area contributed by atoms with Gasteiger partial charge in [0.05, 0.1) is 91.7 Å². The van der Waals surface area contributed by atoms with Crippen molar-refractivity contribution in [1.82, 2.24) is 39.5 Å². The molecule has 0 saturated carbocycles. The van der Waals surface area contributed by atoms with Gasteiger partial charge in [-0.25, -0.2) is 44.5 Å². The van der Waals surface area contributed by atoms with Gasteiger partial charge in [0, 0.05) is 43.9 Å². The highest BCUT2D eigenvalue weighted by Gasteiger charge is 2.15. The van der Waals surface area contributed by atoms with Crippen LogP contribution in [0, 0.1) is 50.0 Å². The van der Waals surface area contributed by atoms with Crippen molar-refractivity contribution in [3.8, 4) is 23.5 Å². The van der Waals surface area contributed by atoms with Gasteiger partial charge in [-0.1, -0.05) is 6.07 Å². The lowest BCUT2D eigenvalue weighted by Crippen LogP contribution is -2.16. The Morgan fingerprint density at radius 1 is 0.762 bits per heavy atom. The van der Waals surface area contributed by atoms with E-state index in [0.717, 1.165) is 46.9 Å². The number of hydrogen-bond donors (Lipinski definition) is 5. The van der Waals surface area contributed by atoms with Crippen LogP contribution >= 0.6 is 0 Å². The summed E-state index contributed by atoms with van der Waals surface area (Å²) in [6.45, 7) is 20.4. The monoisotopic (exact) mass is 843 g/mol. The number of carbonyl (C=O) groups excluding carboxylic acids is 1. The zero-order chi connectivity index (χ0) is 45.9. The largest absolute Gasteiger partial charge is 0.478 e. The standard InChI is InChI=1S/C15H15N5O.C15H13N5.C9H11N3.C6H6N2O2/c1-3-18-14-6-11(7-16)4-5-13(14)20-15(21)12-8-17-9-19-10(12)2;1-3-20-14-6-11(7-16)4-5-13(14)19-15(20)12-8-17-9-18-10(12)2;1-3-12-9-6-7(11-2)4-5-8(9)10;1-4-5(6(9)10)2-7-3-8-4/h4-6,8-9,18H,3H2,1-2H3,(H,20,21);4-6,8-9H,3H2,1-2H3;4-6,12H,3,10H2,1H3;2-3H,1H3,(H,9,10). The summed E-state index contributed by atoms with van der Waals surface area (Å²) in [5.74, 6) is -0.425. The maximum absolute atomic E-state index is 12.3. The minimum Gasteiger partial charge on any atom is -0.478 e. The number of benzene rings is 3. The van der Waals surface area contributed by atoms with Gasteiger partial charge in [-0.3, -0.25) is 4.79 Å². The number of hydrogen-bond acceptors (Lipinski definition) is 14. The van der Waals surface area contributed by atoms with Crippen LogP contribution in [0.2, 0.25) is 0 Å². The number of nitrogens with zero attached hydrogens (tertiary/aromatic N) is 11. The van der Waals surface area contributed by atoms with Crippen molar-refractivity contribution in [3.05, 3.63) is 143 Å². The summed E-state index contributed by atoms with van der Waals surface area (Å²) in [4.78, 5) is 54.0. The Bertz CT molecular complexity index is 2840. The molecule has 3 aromatic carbocycles. The van der Waals surface area contributed by atoms with E-state index < -0.39 is 5.97 Å². The van der Waals surface area contributed by atoms with Crippen molar-refractivity contribution >= 4 is 51.3 Å². The number of nitriles is 2. The lowest BCUT2D eigenvalue weighted by molar-refractivity contribution is 0.0694. The number of aryl methyl sites for hydroxylation is 4. The summed E-state index contributed by atoms with van der Waals surface area (Å²) in [6.07, 6.45) is 8.80. The number of imidazole rings is 1. The van der Waals surface area contributed by atoms with Gasteiger partial charge in [-0.05, 0) is 90.1 Å². The van der Waals surface area contributed by atoms with Crippen molar-refractivity contribution in [2.45, 2.75) is 48.1 Å². The van der Waals surface area contributed by atoms with Crippen molar-refractivity contribution in [2.75, 3.05) is 34.8 Å². The summed E-state index contributed by atoms with van der Waals surface area (Å²) >= 11 is 0. The molecule has 0 atom stereocenters. The van der Waals surface area contributed by atoms with E-state index in [2.05, 4.69) is 79.3 Å². The molecule has 18 nitrogen and oxygen atoms in total. The third kappa shape index (κ3) is 12.6. The number of aromatic carboxylic acids is 1. The van der Waals surface area contributed by atoms with Gasteiger partial charge in [-0.2, -0.15) is 10.5 Å². The van der Waals surface area contributed by atoms with Crippen molar-refractivity contribution in [1.29, 1.82) is 10.5 Å². The quantitative estimate of drug-likeness (QED) is 0.0686. The second-order valence-corrected chi connectivity index (χ2v) is 13.1. The van der Waals surface area contributed by atoms with Crippen LogP contribution in [0.3, 0.4) is 0 Å². The number of aromatic nitrogens is 8. The van der Waals surface area contributed by atoms with Crippen molar-refractivity contribution < 1.29 is 14.7 Å². The molecule has 0 aliphatic rings. The van der Waals surface area contributed by atoms with Crippen molar-refractivity contribution in [3.63, 3.8) is 0 Å². The Morgan fingerprint density at radius 3 is 1.90 bits per heavy atom. The number of carboxylic acids is 1. The number of nitrogens with one attached hydrogen (secondary N) is 3. The Hall–Kier alpha value is -8.82.